The Labute approximate surface area is 809 Å². The highest BCUT2D eigenvalue weighted by Crippen LogP contribution is 2.36. The van der Waals surface area contributed by atoms with Gasteiger partial charge in [-0.05, 0) is 214 Å². The molecule has 10 aromatic carbocycles. The number of hydrogen-bond acceptors (Lipinski definition) is 35. The number of benzene rings is 10. The Balaban J connectivity index is 0.000000234. The lowest BCUT2D eigenvalue weighted by Gasteiger charge is -2.14. The van der Waals surface area contributed by atoms with Crippen molar-refractivity contribution in [2.45, 2.75) is 77.0 Å². The molecular formula is C103H94N12O19S4. The Kier molecular flexibility index (Phi) is 37.7. The van der Waals surface area contributed by atoms with Crippen molar-refractivity contribution < 1.29 is 90.5 Å². The van der Waals surface area contributed by atoms with Crippen LogP contribution >= 0.6 is 45.3 Å². The van der Waals surface area contributed by atoms with Gasteiger partial charge in [-0.3, -0.25) is 26.5 Å². The smallest absolute Gasteiger partial charge is 0.343 e. The second-order valence-corrected chi connectivity index (χ2v) is 33.9. The Morgan fingerprint density at radius 2 is 0.522 bits per heavy atom. The van der Waals surface area contributed by atoms with Crippen LogP contribution in [0.3, 0.4) is 0 Å². The summed E-state index contributed by atoms with van der Waals surface area (Å²) in [6.07, 6.45) is 19.9. The van der Waals surface area contributed by atoms with Gasteiger partial charge in [-0.2, -0.15) is 20.4 Å². The van der Waals surface area contributed by atoms with E-state index in [4.69, 9.17) is 52.1 Å². The number of carbonyl (C=O) groups is 8. The number of nitrogens with one attached hydrogen (secondary N) is 4. The van der Waals surface area contributed by atoms with Gasteiger partial charge in [0.1, 0.15) is 46.0 Å². The zero-order valence-corrected chi connectivity index (χ0v) is 77.9. The van der Waals surface area contributed by atoms with Crippen molar-refractivity contribution in [2.75, 3.05) is 68.0 Å². The highest BCUT2D eigenvalue weighted by molar-refractivity contribution is 7.23. The van der Waals surface area contributed by atoms with E-state index in [1.54, 1.807) is 109 Å². The lowest BCUT2D eigenvalue weighted by Crippen LogP contribution is -2.13. The zero-order valence-electron chi connectivity index (χ0n) is 74.6. The van der Waals surface area contributed by atoms with E-state index < -0.39 is 41.8 Å². The molecule has 0 fully saturated rings. The summed E-state index contributed by atoms with van der Waals surface area (Å²) in [7, 11) is 0. The number of ether oxygens (including phenoxy) is 11. The molecule has 14 rings (SSSR count). The maximum atomic E-state index is 13.8. The Morgan fingerprint density at radius 1 is 0.283 bits per heavy atom. The standard InChI is InChI=1S/C55H54N6O9S2.C48H40N6O10S2/c1-3-42(62)18-10-6-5-7-15-31-66-43-27-23-38(24-28-43)52(64)69-47-34-41(37-57-61-55-59-46-20-12-14-22-50(46)72-55)48(35-40(47)36-56-60-54-58-45-19-11-13-21-49(45)71-54)70-53(65)39-25-29-44(30-26-39)67-32-16-8-9-17-33-68-51(63)4-2;1-3-43(55)61-25-9-23-59-35-19-15-31(16-20-35)45(57)63-39-27-34(30-50-54-48-52-38-12-6-8-14-42(38)66-48)40(28-33(39)29-49-53-47-51-37-11-5-7-13-41(37)65-47)64-46(58)32-17-21-36(22-18-32)60-24-10-26-62-44(56)4-2/h3-4,11-14,19-30,34-37H,1-2,5-10,15-18,31-33H2,(H,58,60)(H,59,61);3-8,11-22,27-30H,1-2,9-10,23-26H2,(H,51,53)(H,52,54)/b56-36+,57-37+;49-29+,50-30+. The molecule has 4 N–H and O–H groups in total. The number of thiazole rings is 4. The van der Waals surface area contributed by atoms with Crippen LogP contribution in [-0.2, 0) is 33.4 Å². The van der Waals surface area contributed by atoms with Gasteiger partial charge in [0.2, 0.25) is 20.5 Å². The van der Waals surface area contributed by atoms with E-state index in [1.807, 2.05) is 97.1 Å². The number of ketones is 1. The molecule has 0 amide bonds. The van der Waals surface area contributed by atoms with Crippen molar-refractivity contribution in [3.63, 3.8) is 0 Å². The lowest BCUT2D eigenvalue weighted by molar-refractivity contribution is -0.138. The highest BCUT2D eigenvalue weighted by Gasteiger charge is 2.23. The van der Waals surface area contributed by atoms with Crippen LogP contribution in [0.15, 0.2) is 289 Å². The Hall–Kier alpha value is -16.2. The topological polar surface area (TPSA) is 387 Å². The average molecular weight is 1930 g/mol. The molecular weight excluding hydrogens is 1840 g/mol. The molecule has 0 atom stereocenters. The molecule has 0 spiro atoms. The van der Waals surface area contributed by atoms with Crippen LogP contribution in [0.4, 0.5) is 20.5 Å². The largest absolute Gasteiger partial charge is 0.494 e. The van der Waals surface area contributed by atoms with Crippen molar-refractivity contribution in [1.82, 2.24) is 19.9 Å². The fraction of sp³-hybridized carbons (Fsp3) is 0.184. The molecule has 0 saturated heterocycles. The minimum absolute atomic E-state index is 0.0613. The summed E-state index contributed by atoms with van der Waals surface area (Å²) in [5.41, 5.74) is 17.1. The Morgan fingerprint density at radius 3 is 0.783 bits per heavy atom. The number of rotatable bonds is 51. The van der Waals surface area contributed by atoms with Gasteiger partial charge in [0.05, 0.1) is 134 Å². The molecule has 0 radical (unpaired) electrons. The third-order valence-electron chi connectivity index (χ3n) is 19.8. The number of allylic oxidation sites excluding steroid dienone is 1. The highest BCUT2D eigenvalue weighted by atomic mass is 32.1. The van der Waals surface area contributed by atoms with Gasteiger partial charge in [0.25, 0.3) is 0 Å². The molecule has 0 aliphatic rings. The van der Waals surface area contributed by atoms with E-state index in [1.165, 1.54) is 88.4 Å². The third kappa shape index (κ3) is 30.9. The van der Waals surface area contributed by atoms with E-state index in [2.05, 4.69) is 88.4 Å². The number of carbonyl (C=O) groups excluding carboxylic acids is 8. The van der Waals surface area contributed by atoms with Gasteiger partial charge < -0.3 is 52.1 Å². The number of para-hydroxylation sites is 4. The summed E-state index contributed by atoms with van der Waals surface area (Å²) in [6, 6.07) is 62.8. The first-order chi connectivity index (χ1) is 67.5. The molecule has 0 bridgehead atoms. The number of nitrogens with zero attached hydrogens (tertiary/aromatic N) is 8. The van der Waals surface area contributed by atoms with Crippen LogP contribution in [0.1, 0.15) is 141 Å². The van der Waals surface area contributed by atoms with Gasteiger partial charge >= 0.3 is 41.8 Å². The second-order valence-electron chi connectivity index (χ2n) is 29.8. The predicted molar refractivity (Wildman–Crippen MR) is 538 cm³/mol. The average Bonchev–Trinajstić information content (AvgIpc) is 1.18. The molecule has 0 aliphatic heterocycles. The first kappa shape index (κ1) is 99.2. The van der Waals surface area contributed by atoms with Gasteiger partial charge in [-0.1, -0.05) is 139 Å². The van der Waals surface area contributed by atoms with Gasteiger partial charge in [-0.25, -0.2) is 53.5 Å². The van der Waals surface area contributed by atoms with Crippen molar-refractivity contribution in [1.29, 1.82) is 0 Å². The van der Waals surface area contributed by atoms with Gasteiger partial charge in [0, 0.05) is 59.7 Å². The maximum Gasteiger partial charge on any atom is 0.343 e. The van der Waals surface area contributed by atoms with Crippen LogP contribution in [0.2, 0.25) is 0 Å². The Bertz CT molecular complexity index is 6200. The number of esters is 7. The normalized spacial score (nSPS) is 11.1. The molecule has 4 heterocycles. The summed E-state index contributed by atoms with van der Waals surface area (Å²) < 4.78 is 66.2. The van der Waals surface area contributed by atoms with Crippen LogP contribution < -0.4 is 59.6 Å². The van der Waals surface area contributed by atoms with Crippen molar-refractivity contribution in [3.05, 3.63) is 314 Å². The fourth-order valence-corrected chi connectivity index (χ4v) is 16.1. The maximum absolute atomic E-state index is 13.8. The van der Waals surface area contributed by atoms with Crippen LogP contribution in [0.5, 0.6) is 46.0 Å². The number of unbranched alkanes of at least 4 members (excludes halogenated alkanes) is 7. The number of fused-ring (bicyclic) bond motifs is 4. The van der Waals surface area contributed by atoms with Gasteiger partial charge in [0.15, 0.2) is 5.78 Å². The van der Waals surface area contributed by atoms with Gasteiger partial charge in [-0.15, -0.1) is 0 Å². The molecule has 14 aromatic rings. The van der Waals surface area contributed by atoms with Crippen molar-refractivity contribution in [3.8, 4) is 46.0 Å². The van der Waals surface area contributed by atoms with E-state index in [0.29, 0.717) is 93.7 Å². The SMILES string of the molecule is C=CC(=O)CCCCCCCOc1ccc(C(=O)Oc2cc(/C=N/Nc3nc4ccccc4s3)c(OC(=O)c3ccc(OCCCCCCOC(=O)C=C)cc3)cc2/C=N/Nc2nc3ccccc3s2)cc1.C=CC(=O)OCCCOc1ccc(C(=O)Oc2cc(/C=N/Nc3nc4ccccc4s3)c(OC(=O)c3ccc(OCCCOC(=O)C=C)cc3)cc2/C=N/Nc2nc3ccccc3s2)cc1. The first-order valence-electron chi connectivity index (χ1n) is 43.8. The van der Waals surface area contributed by atoms with E-state index in [-0.39, 0.29) is 88.6 Å². The van der Waals surface area contributed by atoms with E-state index in [9.17, 15) is 38.4 Å². The summed E-state index contributed by atoms with van der Waals surface area (Å²) >= 11 is 5.64. The van der Waals surface area contributed by atoms with E-state index in [0.717, 1.165) is 117 Å². The van der Waals surface area contributed by atoms with Crippen molar-refractivity contribution >= 4 is 179 Å². The summed E-state index contributed by atoms with van der Waals surface area (Å²) in [6.45, 7) is 15.9. The minimum Gasteiger partial charge on any atom is -0.494 e. The number of hydrogen-bond donors (Lipinski definition) is 4. The molecule has 35 heteroatoms. The van der Waals surface area contributed by atoms with Crippen LogP contribution in [0.25, 0.3) is 40.9 Å². The minimum atomic E-state index is -0.702. The number of aromatic nitrogens is 4. The zero-order chi connectivity index (χ0) is 96.4. The summed E-state index contributed by atoms with van der Waals surface area (Å²) in [5, 5.41) is 19.8. The van der Waals surface area contributed by atoms with Crippen LogP contribution in [-0.4, -0.2) is 139 Å². The molecule has 4 aromatic heterocycles. The molecule has 0 unspecified atom stereocenters. The molecule has 0 saturated carbocycles. The number of hydrazone groups is 4. The van der Waals surface area contributed by atoms with Crippen molar-refractivity contribution in [2.24, 2.45) is 20.4 Å². The second kappa shape index (κ2) is 52.4. The molecule has 704 valence electrons. The van der Waals surface area contributed by atoms with E-state index >= 15 is 0 Å². The predicted octanol–water partition coefficient (Wildman–Crippen LogP) is 21.6. The fourth-order valence-electron chi connectivity index (χ4n) is 12.8. The summed E-state index contributed by atoms with van der Waals surface area (Å²) in [4.78, 5) is 119. The van der Waals surface area contributed by atoms with Crippen LogP contribution in [0, 0.1) is 0 Å². The lowest BCUT2D eigenvalue weighted by atomic mass is 10.1. The number of anilines is 4. The monoisotopic (exact) mass is 1930 g/mol. The molecule has 0 aliphatic carbocycles. The quantitative estimate of drug-likeness (QED) is 0.00523. The summed E-state index contributed by atoms with van der Waals surface area (Å²) in [5.74, 6) is -1.59. The molecule has 138 heavy (non-hydrogen) atoms. The third-order valence-corrected chi connectivity index (χ3v) is 23.6. The molecule has 31 nitrogen and oxygen atoms in total. The first-order valence-corrected chi connectivity index (χ1v) is 47.0.